The normalized spacial score (nSPS) is 31.4. The summed E-state index contributed by atoms with van der Waals surface area (Å²) in [5, 5.41) is 0. The second kappa shape index (κ2) is 5.05. The third kappa shape index (κ3) is 1.96. The molecule has 118 valence electrons. The van der Waals surface area contributed by atoms with E-state index in [4.69, 9.17) is 0 Å². The molecule has 4 atom stereocenters. The number of methoxy groups -OCH3 is 1. The quantitative estimate of drug-likeness (QED) is 0.477. The van der Waals surface area contributed by atoms with Gasteiger partial charge in [-0.2, -0.15) is 0 Å². The van der Waals surface area contributed by atoms with E-state index >= 15 is 0 Å². The lowest BCUT2D eigenvalue weighted by atomic mass is 9.63. The Bertz CT molecular complexity index is 689. The summed E-state index contributed by atoms with van der Waals surface area (Å²) < 4.78 is 4.66. The maximum atomic E-state index is 12.8. The number of amides is 2. The van der Waals surface area contributed by atoms with Gasteiger partial charge in [-0.05, 0) is 48.9 Å². The first kappa shape index (κ1) is 14.2. The van der Waals surface area contributed by atoms with Crippen LogP contribution >= 0.6 is 0 Å². The molecule has 0 N–H and O–H groups in total. The molecular weight excluding hydrogens is 294 g/mol. The Balaban J connectivity index is 1.67. The van der Waals surface area contributed by atoms with Gasteiger partial charge in [-0.25, -0.2) is 4.79 Å². The Kier molecular flexibility index (Phi) is 3.11. The van der Waals surface area contributed by atoms with E-state index in [9.17, 15) is 14.4 Å². The third-order valence-electron chi connectivity index (χ3n) is 5.31. The van der Waals surface area contributed by atoms with Crippen LogP contribution in [-0.2, 0) is 14.3 Å². The van der Waals surface area contributed by atoms with Gasteiger partial charge in [0.1, 0.15) is 0 Å². The lowest BCUT2D eigenvalue weighted by Crippen LogP contribution is -2.38. The van der Waals surface area contributed by atoms with Crippen LogP contribution in [0.2, 0.25) is 0 Å². The highest BCUT2D eigenvalue weighted by molar-refractivity contribution is 6.22. The lowest BCUT2D eigenvalue weighted by Gasteiger charge is -2.38. The van der Waals surface area contributed by atoms with Crippen LogP contribution in [0.15, 0.2) is 36.4 Å². The minimum atomic E-state index is -0.438. The molecule has 1 aromatic carbocycles. The van der Waals surface area contributed by atoms with Gasteiger partial charge < -0.3 is 4.74 Å². The van der Waals surface area contributed by atoms with Gasteiger partial charge in [0, 0.05) is 0 Å². The van der Waals surface area contributed by atoms with Gasteiger partial charge >= 0.3 is 5.97 Å². The average molecular weight is 311 g/mol. The molecule has 2 bridgehead atoms. The second-order valence-electron chi connectivity index (χ2n) is 6.39. The van der Waals surface area contributed by atoms with Crippen molar-refractivity contribution in [2.45, 2.75) is 12.8 Å². The van der Waals surface area contributed by atoms with E-state index in [1.807, 2.05) is 0 Å². The number of ether oxygens (including phenoxy) is 1. The number of hydrogen-bond acceptors (Lipinski definition) is 4. The van der Waals surface area contributed by atoms with Crippen molar-refractivity contribution in [3.8, 4) is 0 Å². The second-order valence-corrected chi connectivity index (χ2v) is 6.39. The van der Waals surface area contributed by atoms with Gasteiger partial charge in [0.15, 0.2) is 0 Å². The van der Waals surface area contributed by atoms with Crippen LogP contribution in [0.5, 0.6) is 0 Å². The number of esters is 1. The van der Waals surface area contributed by atoms with Crippen molar-refractivity contribution in [3.05, 3.63) is 42.0 Å². The van der Waals surface area contributed by atoms with Crippen LogP contribution in [0.1, 0.15) is 23.2 Å². The number of imide groups is 1. The topological polar surface area (TPSA) is 63.7 Å². The van der Waals surface area contributed by atoms with E-state index in [0.29, 0.717) is 11.3 Å². The molecule has 2 amide bonds. The number of nitrogens with zero attached hydrogens (tertiary/aromatic N) is 1. The van der Waals surface area contributed by atoms with E-state index in [2.05, 4.69) is 16.9 Å². The molecule has 0 aromatic heterocycles. The van der Waals surface area contributed by atoms with Crippen LogP contribution in [-0.4, -0.2) is 24.9 Å². The molecule has 1 aromatic rings. The number of carbonyl (C=O) groups excluding carboxylic acids is 3. The Labute approximate surface area is 133 Å². The Morgan fingerprint density at radius 2 is 1.52 bits per heavy atom. The summed E-state index contributed by atoms with van der Waals surface area (Å²) in [5.74, 6) is -0.721. The molecule has 1 saturated heterocycles. The largest absolute Gasteiger partial charge is 0.465 e. The monoisotopic (exact) mass is 311 g/mol. The molecule has 5 nitrogen and oxygen atoms in total. The number of fused-ring (bicyclic) bond motifs is 1. The van der Waals surface area contributed by atoms with Crippen molar-refractivity contribution in [2.24, 2.45) is 23.7 Å². The van der Waals surface area contributed by atoms with E-state index in [0.717, 1.165) is 12.8 Å². The summed E-state index contributed by atoms with van der Waals surface area (Å²) in [6, 6.07) is 6.43. The summed E-state index contributed by atoms with van der Waals surface area (Å²) in [6.07, 6.45) is 6.17. The summed E-state index contributed by atoms with van der Waals surface area (Å²) in [4.78, 5) is 38.4. The van der Waals surface area contributed by atoms with Crippen molar-refractivity contribution in [3.63, 3.8) is 0 Å². The van der Waals surface area contributed by atoms with Gasteiger partial charge in [0.25, 0.3) is 0 Å². The zero-order valence-electron chi connectivity index (χ0n) is 12.8. The molecular formula is C18H17NO4. The lowest BCUT2D eigenvalue weighted by molar-refractivity contribution is -0.124. The van der Waals surface area contributed by atoms with E-state index in [-0.39, 0.29) is 35.5 Å². The highest BCUT2D eigenvalue weighted by Crippen LogP contribution is 2.50. The fourth-order valence-electron chi connectivity index (χ4n) is 4.19. The zero-order chi connectivity index (χ0) is 16.1. The molecule has 1 saturated carbocycles. The fourth-order valence-corrected chi connectivity index (χ4v) is 4.19. The van der Waals surface area contributed by atoms with Crippen LogP contribution in [0.4, 0.5) is 5.69 Å². The molecule has 1 heterocycles. The Hall–Kier alpha value is -2.43. The Morgan fingerprint density at radius 3 is 1.96 bits per heavy atom. The summed E-state index contributed by atoms with van der Waals surface area (Å²) in [7, 11) is 1.32. The molecule has 5 heteroatoms. The molecule has 4 aliphatic rings. The summed E-state index contributed by atoms with van der Waals surface area (Å²) in [5.41, 5.74) is 0.927. The highest BCUT2D eigenvalue weighted by Gasteiger charge is 2.56. The minimum Gasteiger partial charge on any atom is -0.465 e. The fraction of sp³-hybridized carbons (Fsp3) is 0.389. The van der Waals surface area contributed by atoms with Crippen LogP contribution < -0.4 is 4.90 Å². The predicted octanol–water partition coefficient (Wildman–Crippen LogP) is 2.17. The predicted molar refractivity (Wildman–Crippen MR) is 82.6 cm³/mol. The standard InChI is InChI=1S/C18H17NO4/c1-23-18(22)12-6-8-13(9-7-12)19-16(20)14-10-2-3-11(5-4-10)15(14)17(19)21/h2-3,6-11,14-15H,4-5H2,1H3/t10-,11-,14-,15+/m0/s1. The number of benzene rings is 1. The van der Waals surface area contributed by atoms with Crippen molar-refractivity contribution >= 4 is 23.5 Å². The van der Waals surface area contributed by atoms with Gasteiger partial charge in [-0.3, -0.25) is 14.5 Å². The number of allylic oxidation sites excluding steroid dienone is 2. The van der Waals surface area contributed by atoms with Gasteiger partial charge in [-0.15, -0.1) is 0 Å². The van der Waals surface area contributed by atoms with Gasteiger partial charge in [0.05, 0.1) is 30.2 Å². The third-order valence-corrected chi connectivity index (χ3v) is 5.31. The van der Waals surface area contributed by atoms with Crippen molar-refractivity contribution in [1.82, 2.24) is 0 Å². The average Bonchev–Trinajstić information content (AvgIpc) is 2.89. The van der Waals surface area contributed by atoms with Crippen molar-refractivity contribution in [2.75, 3.05) is 12.0 Å². The molecule has 1 aliphatic heterocycles. The van der Waals surface area contributed by atoms with Crippen LogP contribution in [0, 0.1) is 23.7 Å². The highest BCUT2D eigenvalue weighted by atomic mass is 16.5. The molecule has 2 fully saturated rings. The first-order valence-electron chi connectivity index (χ1n) is 7.86. The van der Waals surface area contributed by atoms with E-state index in [1.165, 1.54) is 12.0 Å². The first-order chi connectivity index (χ1) is 11.1. The zero-order valence-corrected chi connectivity index (χ0v) is 12.8. The van der Waals surface area contributed by atoms with Crippen molar-refractivity contribution < 1.29 is 19.1 Å². The SMILES string of the molecule is COC(=O)c1ccc(N2C(=O)[C@@H]3[C@H](C2=O)[C@H]2C=C[C@H]3CC2)cc1. The molecule has 0 radical (unpaired) electrons. The van der Waals surface area contributed by atoms with E-state index < -0.39 is 5.97 Å². The molecule has 23 heavy (non-hydrogen) atoms. The summed E-state index contributed by atoms with van der Waals surface area (Å²) >= 11 is 0. The molecule has 3 aliphatic carbocycles. The smallest absolute Gasteiger partial charge is 0.337 e. The molecule has 5 rings (SSSR count). The van der Waals surface area contributed by atoms with Gasteiger partial charge in [-0.1, -0.05) is 12.2 Å². The maximum Gasteiger partial charge on any atom is 0.337 e. The van der Waals surface area contributed by atoms with Crippen LogP contribution in [0.3, 0.4) is 0 Å². The van der Waals surface area contributed by atoms with E-state index in [1.54, 1.807) is 24.3 Å². The number of hydrogen-bond donors (Lipinski definition) is 0. The number of carbonyl (C=O) groups is 3. The molecule has 0 unspecified atom stereocenters. The van der Waals surface area contributed by atoms with Crippen molar-refractivity contribution in [1.29, 1.82) is 0 Å². The first-order valence-corrected chi connectivity index (χ1v) is 7.86. The molecule has 0 spiro atoms. The van der Waals surface area contributed by atoms with Crippen LogP contribution in [0.25, 0.3) is 0 Å². The number of anilines is 1. The Morgan fingerprint density at radius 1 is 1.00 bits per heavy atom. The van der Waals surface area contributed by atoms with Gasteiger partial charge in [0.2, 0.25) is 11.8 Å². The number of rotatable bonds is 2. The summed E-state index contributed by atoms with van der Waals surface area (Å²) in [6.45, 7) is 0. The maximum absolute atomic E-state index is 12.8. The minimum absolute atomic E-state index is 0.107.